The maximum absolute atomic E-state index is 5.54. The van der Waals surface area contributed by atoms with Crippen LogP contribution in [0.4, 0.5) is 0 Å². The monoisotopic (exact) mass is 197 g/mol. The first-order chi connectivity index (χ1) is 6.68. The van der Waals surface area contributed by atoms with Gasteiger partial charge in [0.1, 0.15) is 5.76 Å². The van der Waals surface area contributed by atoms with Crippen LogP contribution in [0.2, 0.25) is 0 Å². The molecule has 1 heterocycles. The summed E-state index contributed by atoms with van der Waals surface area (Å²) < 4.78 is 10.9. The van der Waals surface area contributed by atoms with Gasteiger partial charge in [0.05, 0.1) is 17.9 Å². The number of methoxy groups -OCH3 is 1. The predicted molar refractivity (Wildman–Crippen MR) is 56.2 cm³/mol. The van der Waals surface area contributed by atoms with E-state index in [1.165, 1.54) is 0 Å². The molecule has 0 spiro atoms. The third-order valence-corrected chi connectivity index (χ3v) is 2.90. The highest BCUT2D eigenvalue weighted by Gasteiger charge is 2.34. The molecule has 0 bridgehead atoms. The zero-order chi connectivity index (χ0) is 10.6. The lowest BCUT2D eigenvalue weighted by Gasteiger charge is -2.34. The van der Waals surface area contributed by atoms with Crippen LogP contribution in [0.5, 0.6) is 0 Å². The van der Waals surface area contributed by atoms with Crippen molar-refractivity contribution < 1.29 is 9.15 Å². The van der Waals surface area contributed by atoms with Crippen molar-refractivity contribution in [1.82, 2.24) is 5.32 Å². The maximum Gasteiger partial charge on any atom is 0.123 e. The summed E-state index contributed by atoms with van der Waals surface area (Å²) in [4.78, 5) is 0. The van der Waals surface area contributed by atoms with Crippen LogP contribution >= 0.6 is 0 Å². The number of likely N-dealkylation sites (N-methyl/N-ethyl adjacent to an activating group) is 1. The summed E-state index contributed by atoms with van der Waals surface area (Å²) in [7, 11) is 3.65. The fourth-order valence-electron chi connectivity index (χ4n) is 1.67. The van der Waals surface area contributed by atoms with E-state index < -0.39 is 0 Å². The van der Waals surface area contributed by atoms with Crippen molar-refractivity contribution >= 4 is 0 Å². The molecular formula is C11H19NO2. The molecule has 0 aliphatic heterocycles. The summed E-state index contributed by atoms with van der Waals surface area (Å²) in [5.41, 5.74) is -0.230. The van der Waals surface area contributed by atoms with E-state index in [0.29, 0.717) is 0 Å². The van der Waals surface area contributed by atoms with Gasteiger partial charge < -0.3 is 14.5 Å². The third-order valence-electron chi connectivity index (χ3n) is 2.90. The maximum atomic E-state index is 5.54. The molecule has 0 aliphatic carbocycles. The Morgan fingerprint density at radius 1 is 1.64 bits per heavy atom. The lowest BCUT2D eigenvalue weighted by molar-refractivity contribution is -0.0333. The first kappa shape index (κ1) is 11.3. The summed E-state index contributed by atoms with van der Waals surface area (Å²) in [5, 5.41) is 3.23. The van der Waals surface area contributed by atoms with Crippen molar-refractivity contribution in [3.8, 4) is 0 Å². The molecule has 2 atom stereocenters. The largest absolute Gasteiger partial charge is 0.468 e. The molecule has 1 rings (SSSR count). The van der Waals surface area contributed by atoms with Crippen molar-refractivity contribution in [1.29, 1.82) is 0 Å². The Morgan fingerprint density at radius 3 is 2.71 bits per heavy atom. The molecule has 0 saturated heterocycles. The highest BCUT2D eigenvalue weighted by molar-refractivity contribution is 5.09. The zero-order valence-electron chi connectivity index (χ0n) is 9.33. The number of furan rings is 1. The van der Waals surface area contributed by atoms with E-state index in [4.69, 9.17) is 9.15 Å². The van der Waals surface area contributed by atoms with E-state index in [1.807, 2.05) is 19.2 Å². The number of ether oxygens (including phenoxy) is 1. The Labute approximate surface area is 85.4 Å². The number of rotatable bonds is 5. The molecule has 2 unspecified atom stereocenters. The Bertz CT molecular complexity index is 252. The van der Waals surface area contributed by atoms with Gasteiger partial charge in [0.2, 0.25) is 0 Å². The van der Waals surface area contributed by atoms with Gasteiger partial charge in [0, 0.05) is 7.11 Å². The average Bonchev–Trinajstić information content (AvgIpc) is 2.72. The smallest absolute Gasteiger partial charge is 0.123 e. The Balaban J connectivity index is 2.91. The van der Waals surface area contributed by atoms with Crippen molar-refractivity contribution in [3.63, 3.8) is 0 Å². The van der Waals surface area contributed by atoms with Crippen LogP contribution < -0.4 is 5.32 Å². The molecule has 80 valence electrons. The summed E-state index contributed by atoms with van der Waals surface area (Å²) >= 11 is 0. The van der Waals surface area contributed by atoms with Gasteiger partial charge in [-0.15, -0.1) is 0 Å². The highest BCUT2D eigenvalue weighted by atomic mass is 16.5. The zero-order valence-corrected chi connectivity index (χ0v) is 9.33. The Kier molecular flexibility index (Phi) is 3.72. The second-order valence-electron chi connectivity index (χ2n) is 3.61. The van der Waals surface area contributed by atoms with Gasteiger partial charge in [-0.1, -0.05) is 6.92 Å². The van der Waals surface area contributed by atoms with Gasteiger partial charge in [-0.2, -0.15) is 0 Å². The fraction of sp³-hybridized carbons (Fsp3) is 0.636. The Hall–Kier alpha value is -0.800. The first-order valence-electron chi connectivity index (χ1n) is 4.93. The first-order valence-corrected chi connectivity index (χ1v) is 4.93. The van der Waals surface area contributed by atoms with Crippen LogP contribution in [-0.2, 0) is 4.74 Å². The van der Waals surface area contributed by atoms with E-state index in [9.17, 15) is 0 Å². The molecule has 14 heavy (non-hydrogen) atoms. The summed E-state index contributed by atoms with van der Waals surface area (Å²) in [5.74, 6) is 0.915. The van der Waals surface area contributed by atoms with Gasteiger partial charge in [-0.3, -0.25) is 0 Å². The number of hydrogen-bond acceptors (Lipinski definition) is 3. The molecule has 1 aromatic rings. The normalized spacial score (nSPS) is 17.7. The van der Waals surface area contributed by atoms with Crippen LogP contribution in [0.15, 0.2) is 22.8 Å². The highest BCUT2D eigenvalue weighted by Crippen LogP contribution is 2.31. The summed E-state index contributed by atoms with van der Waals surface area (Å²) in [6, 6.07) is 3.95. The molecule has 0 fully saturated rings. The minimum absolute atomic E-state index is 0.0903. The topological polar surface area (TPSA) is 34.4 Å². The molecule has 0 saturated carbocycles. The van der Waals surface area contributed by atoms with E-state index in [-0.39, 0.29) is 11.6 Å². The van der Waals surface area contributed by atoms with Gasteiger partial charge in [-0.05, 0) is 32.5 Å². The average molecular weight is 197 g/mol. The summed E-state index contributed by atoms with van der Waals surface area (Å²) in [6.45, 7) is 4.19. The second-order valence-corrected chi connectivity index (χ2v) is 3.61. The SMILES string of the molecule is CCC(C)(OC)C(NC)c1ccco1. The van der Waals surface area contributed by atoms with Gasteiger partial charge in [0.25, 0.3) is 0 Å². The minimum Gasteiger partial charge on any atom is -0.468 e. The molecule has 3 nitrogen and oxygen atoms in total. The summed E-state index contributed by atoms with van der Waals surface area (Å²) in [6.07, 6.45) is 2.61. The van der Waals surface area contributed by atoms with E-state index >= 15 is 0 Å². The second kappa shape index (κ2) is 4.62. The molecule has 0 radical (unpaired) electrons. The lowest BCUT2D eigenvalue weighted by atomic mass is 9.91. The molecule has 1 N–H and O–H groups in total. The molecular weight excluding hydrogens is 178 g/mol. The molecule has 1 aromatic heterocycles. The van der Waals surface area contributed by atoms with Crippen LogP contribution in [0.25, 0.3) is 0 Å². The Morgan fingerprint density at radius 2 is 2.36 bits per heavy atom. The van der Waals surface area contributed by atoms with Crippen LogP contribution in [0.3, 0.4) is 0 Å². The van der Waals surface area contributed by atoms with Crippen LogP contribution in [-0.4, -0.2) is 19.8 Å². The van der Waals surface area contributed by atoms with E-state index in [0.717, 1.165) is 12.2 Å². The number of nitrogens with one attached hydrogen (secondary N) is 1. The van der Waals surface area contributed by atoms with Crippen molar-refractivity contribution in [2.75, 3.05) is 14.2 Å². The van der Waals surface area contributed by atoms with Crippen molar-refractivity contribution in [2.45, 2.75) is 31.9 Å². The van der Waals surface area contributed by atoms with Crippen molar-refractivity contribution in [2.24, 2.45) is 0 Å². The van der Waals surface area contributed by atoms with Gasteiger partial charge in [-0.25, -0.2) is 0 Å². The number of hydrogen-bond donors (Lipinski definition) is 1. The van der Waals surface area contributed by atoms with Crippen LogP contribution in [0.1, 0.15) is 32.1 Å². The van der Waals surface area contributed by atoms with Crippen LogP contribution in [0, 0.1) is 0 Å². The predicted octanol–water partition coefficient (Wildman–Crippen LogP) is 2.36. The molecule has 0 aromatic carbocycles. The minimum atomic E-state index is -0.230. The molecule has 0 aliphatic rings. The van der Waals surface area contributed by atoms with Gasteiger partial charge in [0.15, 0.2) is 0 Å². The molecule has 3 heteroatoms. The van der Waals surface area contributed by atoms with E-state index in [1.54, 1.807) is 13.4 Å². The van der Waals surface area contributed by atoms with Gasteiger partial charge >= 0.3 is 0 Å². The lowest BCUT2D eigenvalue weighted by Crippen LogP contribution is -2.41. The third kappa shape index (κ3) is 1.99. The fourth-order valence-corrected chi connectivity index (χ4v) is 1.67. The van der Waals surface area contributed by atoms with Crippen molar-refractivity contribution in [3.05, 3.63) is 24.2 Å². The molecule has 0 amide bonds. The van der Waals surface area contributed by atoms with E-state index in [2.05, 4.69) is 19.2 Å². The standard InChI is InChI=1S/C11H19NO2/c1-5-11(2,13-4)10(12-3)9-7-6-8-14-9/h6-8,10,12H,5H2,1-4H3. The quantitative estimate of drug-likeness (QED) is 0.786.